The molecule has 0 radical (unpaired) electrons. The molecule has 168 valence electrons. The van der Waals surface area contributed by atoms with Crippen LogP contribution in [0, 0.1) is 0 Å². The molecule has 29 heavy (non-hydrogen) atoms. The van der Waals surface area contributed by atoms with E-state index in [9.17, 15) is 24.0 Å². The standard InChI is InChI=1S/C10H17N3O6S.C5H11NO2Se/c11-5(10(18)19)1-2-7(14)13-6(4-20)9(17)12-3-8(15)16;1-9-3-2-4(6)5(7)8/h5-6,20H,1-4,11H2,(H,12,17)(H,13,14)(H,15,16)(H,18,19);4H,2-3,6H2,1H3,(H,7,8)/t5-,6-;4-/m00/s1. The third-order valence-electron chi connectivity index (χ3n) is 3.20. The van der Waals surface area contributed by atoms with Crippen molar-refractivity contribution in [3.05, 3.63) is 0 Å². The third kappa shape index (κ3) is 16.8. The van der Waals surface area contributed by atoms with Gasteiger partial charge in [0.15, 0.2) is 0 Å². The molecule has 0 saturated carbocycles. The Hall–Kier alpha value is -1.86. The normalized spacial score (nSPS) is 13.1. The largest absolute Gasteiger partial charge is 0.480 e. The van der Waals surface area contributed by atoms with E-state index in [1.165, 1.54) is 0 Å². The molecule has 0 aliphatic carbocycles. The zero-order valence-electron chi connectivity index (χ0n) is 15.9. The maximum absolute atomic E-state index is 11.5. The van der Waals surface area contributed by atoms with E-state index in [4.69, 9.17) is 26.8 Å². The van der Waals surface area contributed by atoms with E-state index in [0.717, 1.165) is 5.32 Å². The van der Waals surface area contributed by atoms with E-state index >= 15 is 0 Å². The number of nitrogens with two attached hydrogens (primary N) is 2. The minimum Gasteiger partial charge on any atom is -0.480 e. The van der Waals surface area contributed by atoms with Crippen molar-refractivity contribution in [2.45, 2.75) is 48.5 Å². The fourth-order valence-corrected chi connectivity index (χ4v) is 2.81. The Balaban J connectivity index is 0. The summed E-state index contributed by atoms with van der Waals surface area (Å²) in [4.78, 5) is 53.8. The summed E-state index contributed by atoms with van der Waals surface area (Å²) in [6.45, 7) is -0.567. The molecule has 14 heteroatoms. The zero-order valence-corrected chi connectivity index (χ0v) is 18.5. The number of hydrogen-bond acceptors (Lipinski definition) is 8. The summed E-state index contributed by atoms with van der Waals surface area (Å²) in [5.41, 5.74) is 10.4. The number of carbonyl (C=O) groups is 5. The first-order valence-electron chi connectivity index (χ1n) is 8.31. The van der Waals surface area contributed by atoms with Crippen LogP contribution in [-0.2, 0) is 24.0 Å². The number of amides is 2. The van der Waals surface area contributed by atoms with Gasteiger partial charge >= 0.3 is 72.1 Å². The van der Waals surface area contributed by atoms with Gasteiger partial charge in [0.2, 0.25) is 11.8 Å². The van der Waals surface area contributed by atoms with Gasteiger partial charge < -0.3 is 26.6 Å². The Kier molecular flexibility index (Phi) is 17.2. The molecule has 0 bridgehead atoms. The molecule has 0 aromatic carbocycles. The van der Waals surface area contributed by atoms with Crippen LogP contribution in [0.1, 0.15) is 19.3 Å². The van der Waals surface area contributed by atoms with Crippen molar-refractivity contribution in [1.29, 1.82) is 0 Å². The number of nitrogens with one attached hydrogen (secondary N) is 2. The summed E-state index contributed by atoms with van der Waals surface area (Å²) in [6.07, 6.45) is 0.382. The van der Waals surface area contributed by atoms with Crippen molar-refractivity contribution in [2.75, 3.05) is 12.3 Å². The van der Waals surface area contributed by atoms with Crippen molar-refractivity contribution >= 4 is 57.3 Å². The van der Waals surface area contributed by atoms with E-state index in [0.29, 0.717) is 21.4 Å². The van der Waals surface area contributed by atoms with Crippen molar-refractivity contribution < 1.29 is 39.3 Å². The molecule has 12 nitrogen and oxygen atoms in total. The number of carboxylic acids is 3. The van der Waals surface area contributed by atoms with Crippen LogP contribution in [0.2, 0.25) is 11.1 Å². The van der Waals surface area contributed by atoms with Crippen LogP contribution in [0.3, 0.4) is 0 Å². The maximum Gasteiger partial charge on any atom is 0.322 e. The minimum absolute atomic E-state index is 0.0256. The Morgan fingerprint density at radius 3 is 1.93 bits per heavy atom. The first-order valence-corrected chi connectivity index (χ1v) is 11.9. The van der Waals surface area contributed by atoms with Crippen LogP contribution >= 0.6 is 12.6 Å². The van der Waals surface area contributed by atoms with Gasteiger partial charge in [-0.15, -0.1) is 0 Å². The van der Waals surface area contributed by atoms with Crippen molar-refractivity contribution in [3.8, 4) is 0 Å². The Morgan fingerprint density at radius 1 is 1.00 bits per heavy atom. The molecule has 0 aliphatic rings. The van der Waals surface area contributed by atoms with Crippen LogP contribution in [0.15, 0.2) is 0 Å². The maximum atomic E-state index is 11.5. The van der Waals surface area contributed by atoms with Crippen LogP contribution in [0.25, 0.3) is 0 Å². The third-order valence-corrected chi connectivity index (χ3v) is 4.91. The zero-order chi connectivity index (χ0) is 23.0. The first-order chi connectivity index (χ1) is 13.5. The topological polar surface area (TPSA) is 222 Å². The summed E-state index contributed by atoms with van der Waals surface area (Å²) >= 11 is 4.42. The fraction of sp³-hybridized carbons (Fsp3) is 0.667. The molecule has 0 unspecified atom stereocenters. The van der Waals surface area contributed by atoms with Crippen LogP contribution < -0.4 is 22.1 Å². The van der Waals surface area contributed by atoms with Crippen LogP contribution in [0.4, 0.5) is 0 Å². The molecule has 0 aromatic heterocycles. The van der Waals surface area contributed by atoms with Gasteiger partial charge in [0.05, 0.1) is 0 Å². The molecule has 0 aromatic rings. The molecule has 3 atom stereocenters. The number of rotatable bonds is 13. The Morgan fingerprint density at radius 2 is 1.52 bits per heavy atom. The summed E-state index contributed by atoms with van der Waals surface area (Å²) in [5.74, 6) is -2.52. The predicted molar refractivity (Wildman–Crippen MR) is 108 cm³/mol. The van der Waals surface area contributed by atoms with Gasteiger partial charge in [-0.2, -0.15) is 12.6 Å². The molecule has 0 aliphatic heterocycles. The average Bonchev–Trinajstić information content (AvgIpc) is 2.66. The molecule has 0 saturated heterocycles. The van der Waals surface area contributed by atoms with Crippen molar-refractivity contribution in [1.82, 2.24) is 10.6 Å². The SMILES string of the molecule is C[Se]CC[C@H](N)C(=O)O.N[C@@H](CCC(=O)N[C@@H](CS)C(=O)NCC(=O)O)C(=O)O. The van der Waals surface area contributed by atoms with Crippen molar-refractivity contribution in [3.63, 3.8) is 0 Å². The van der Waals surface area contributed by atoms with Gasteiger partial charge in [-0.1, -0.05) is 0 Å². The smallest absolute Gasteiger partial charge is 0.322 e. The summed E-state index contributed by atoms with van der Waals surface area (Å²) in [5, 5.41) is 30.6. The van der Waals surface area contributed by atoms with Gasteiger partial charge in [-0.25, -0.2) is 0 Å². The average molecular weight is 503 g/mol. The summed E-state index contributed by atoms with van der Waals surface area (Å²) in [6, 6.07) is -2.80. The number of carbonyl (C=O) groups excluding carboxylic acids is 2. The van der Waals surface area contributed by atoms with Gasteiger partial charge in [0.1, 0.15) is 18.6 Å². The predicted octanol–water partition coefficient (Wildman–Crippen LogP) is -2.25. The molecular formula is C15H28N4O8SSe. The van der Waals surface area contributed by atoms with E-state index in [2.05, 4.69) is 29.1 Å². The quantitative estimate of drug-likeness (QED) is 0.0996. The molecule has 0 fully saturated rings. The van der Waals surface area contributed by atoms with E-state index < -0.39 is 54.4 Å². The fourth-order valence-electron chi connectivity index (χ4n) is 1.52. The number of aliphatic carboxylic acids is 3. The number of carboxylic acid groups (broad SMARTS) is 3. The minimum atomic E-state index is -1.22. The monoisotopic (exact) mass is 504 g/mol. The molecular weight excluding hydrogens is 475 g/mol. The molecule has 0 spiro atoms. The molecule has 9 N–H and O–H groups in total. The van der Waals surface area contributed by atoms with Gasteiger partial charge in [-0.05, 0) is 6.42 Å². The van der Waals surface area contributed by atoms with Gasteiger partial charge in [0, 0.05) is 12.2 Å². The van der Waals surface area contributed by atoms with Crippen LogP contribution in [-0.4, -0.2) is 90.4 Å². The van der Waals surface area contributed by atoms with E-state index in [1.807, 2.05) is 0 Å². The van der Waals surface area contributed by atoms with E-state index in [1.54, 1.807) is 0 Å². The van der Waals surface area contributed by atoms with Gasteiger partial charge in [-0.3, -0.25) is 19.2 Å². The van der Waals surface area contributed by atoms with Crippen molar-refractivity contribution in [2.24, 2.45) is 11.5 Å². The first kappa shape index (κ1) is 29.3. The van der Waals surface area contributed by atoms with Crippen LogP contribution in [0.5, 0.6) is 0 Å². The second kappa shape index (κ2) is 17.0. The summed E-state index contributed by atoms with van der Waals surface area (Å²) < 4.78 is 0. The number of thiol groups is 1. The van der Waals surface area contributed by atoms with E-state index in [-0.39, 0.29) is 18.6 Å². The molecule has 0 heterocycles. The number of hydrogen-bond donors (Lipinski definition) is 8. The molecule has 2 amide bonds. The molecule has 0 rings (SSSR count). The second-order valence-electron chi connectivity index (χ2n) is 5.62. The summed E-state index contributed by atoms with van der Waals surface area (Å²) in [7, 11) is 0. The Bertz CT molecular complexity index is 566. The second-order valence-corrected chi connectivity index (χ2v) is 8.06. The van der Waals surface area contributed by atoms with Gasteiger partial charge in [0.25, 0.3) is 0 Å². The Labute approximate surface area is 179 Å².